The molecule has 0 bridgehead atoms. The molecule has 29 heavy (non-hydrogen) atoms. The van der Waals surface area contributed by atoms with E-state index in [4.69, 9.17) is 44.3 Å². The molecule has 0 amide bonds. The van der Waals surface area contributed by atoms with Crippen LogP contribution in [0, 0.1) is 10.1 Å². The predicted octanol–water partition coefficient (Wildman–Crippen LogP) is 5.46. The molecule has 0 saturated heterocycles. The smallest absolute Gasteiger partial charge is 0.349 e. The third-order valence-corrected chi connectivity index (χ3v) is 4.37. The summed E-state index contributed by atoms with van der Waals surface area (Å²) < 4.78 is 15.2. The van der Waals surface area contributed by atoms with Crippen LogP contribution in [0.5, 0.6) is 11.5 Å². The maximum atomic E-state index is 12.5. The highest BCUT2D eigenvalue weighted by atomic mass is 35.5. The molecule has 2 aromatic rings. The molecular weight excluding hydrogens is 449 g/mol. The normalized spacial score (nSPS) is 11.0. The van der Waals surface area contributed by atoms with Gasteiger partial charge >= 0.3 is 11.9 Å². The molecule has 2 aromatic carbocycles. The quantitative estimate of drug-likeness (QED) is 0.319. The Bertz CT molecular complexity index is 968. The molecule has 11 heteroatoms. The lowest BCUT2D eigenvalue weighted by atomic mass is 10.1. The summed E-state index contributed by atoms with van der Waals surface area (Å²) in [5, 5.41) is 11.8. The Hall–Kier alpha value is -2.55. The Morgan fingerprint density at radius 3 is 2.17 bits per heavy atom. The largest absolute Gasteiger partial charge is 0.466 e. The zero-order chi connectivity index (χ0) is 21.9. The Morgan fingerprint density at radius 1 is 1.07 bits per heavy atom. The van der Waals surface area contributed by atoms with Crippen LogP contribution in [-0.4, -0.2) is 29.6 Å². The average Bonchev–Trinajstić information content (AvgIpc) is 2.63. The van der Waals surface area contributed by atoms with E-state index in [0.717, 1.165) is 19.2 Å². The highest BCUT2D eigenvalue weighted by Crippen LogP contribution is 2.39. The van der Waals surface area contributed by atoms with E-state index in [-0.39, 0.29) is 26.6 Å². The number of benzene rings is 2. The first-order valence-corrected chi connectivity index (χ1v) is 9.02. The highest BCUT2D eigenvalue weighted by molar-refractivity contribution is 6.40. The van der Waals surface area contributed by atoms with Crippen molar-refractivity contribution in [3.8, 4) is 11.5 Å². The SMILES string of the molecule is COC(=O)C(C)(C)OC(=O)c1cc(Oc2c(Cl)cc(Cl)cc2Cl)ccc1[N+](=O)[O-]. The summed E-state index contributed by atoms with van der Waals surface area (Å²) in [6, 6.07) is 6.17. The molecule has 2 rings (SSSR count). The van der Waals surface area contributed by atoms with Crippen molar-refractivity contribution in [1.29, 1.82) is 0 Å². The van der Waals surface area contributed by atoms with Crippen LogP contribution in [-0.2, 0) is 14.3 Å². The van der Waals surface area contributed by atoms with Gasteiger partial charge < -0.3 is 14.2 Å². The summed E-state index contributed by atoms with van der Waals surface area (Å²) in [6.07, 6.45) is 0. The van der Waals surface area contributed by atoms with E-state index in [1.54, 1.807) is 0 Å². The van der Waals surface area contributed by atoms with Gasteiger partial charge in [0, 0.05) is 17.2 Å². The molecule has 0 spiro atoms. The van der Waals surface area contributed by atoms with Crippen molar-refractivity contribution in [3.05, 3.63) is 61.1 Å². The van der Waals surface area contributed by atoms with Crippen LogP contribution in [0.1, 0.15) is 24.2 Å². The fourth-order valence-corrected chi connectivity index (χ4v) is 3.11. The van der Waals surface area contributed by atoms with Gasteiger partial charge in [0.2, 0.25) is 5.60 Å². The molecule has 0 aromatic heterocycles. The first-order chi connectivity index (χ1) is 13.5. The van der Waals surface area contributed by atoms with Crippen LogP contribution in [0.2, 0.25) is 15.1 Å². The fraction of sp³-hybridized carbons (Fsp3) is 0.222. The Kier molecular flexibility index (Phi) is 6.94. The zero-order valence-electron chi connectivity index (χ0n) is 15.3. The number of hydrogen-bond donors (Lipinski definition) is 0. The summed E-state index contributed by atoms with van der Waals surface area (Å²) in [5.41, 5.74) is -2.65. The van der Waals surface area contributed by atoms with Gasteiger partial charge in [-0.15, -0.1) is 0 Å². The molecule has 154 valence electrons. The Labute approximate surface area is 180 Å². The van der Waals surface area contributed by atoms with Crippen molar-refractivity contribution >= 4 is 52.4 Å². The van der Waals surface area contributed by atoms with Gasteiger partial charge in [-0.3, -0.25) is 10.1 Å². The average molecular weight is 463 g/mol. The van der Waals surface area contributed by atoms with Gasteiger partial charge in [0.15, 0.2) is 5.75 Å². The maximum Gasteiger partial charge on any atom is 0.349 e. The molecular formula is C18H14Cl3NO7. The van der Waals surface area contributed by atoms with Gasteiger partial charge in [0.25, 0.3) is 5.69 Å². The summed E-state index contributed by atoms with van der Waals surface area (Å²) in [5.74, 6) is -1.89. The molecule has 0 aliphatic heterocycles. The van der Waals surface area contributed by atoms with Gasteiger partial charge in [0.05, 0.1) is 22.1 Å². The number of rotatable bonds is 6. The number of ether oxygens (including phenoxy) is 3. The van der Waals surface area contributed by atoms with Gasteiger partial charge in [-0.1, -0.05) is 34.8 Å². The second kappa shape index (κ2) is 8.86. The minimum Gasteiger partial charge on any atom is -0.466 e. The number of hydrogen-bond acceptors (Lipinski definition) is 7. The van der Waals surface area contributed by atoms with Crippen LogP contribution < -0.4 is 4.74 Å². The number of carbonyl (C=O) groups excluding carboxylic acids is 2. The van der Waals surface area contributed by atoms with Crippen LogP contribution in [0.15, 0.2) is 30.3 Å². The topological polar surface area (TPSA) is 105 Å². The van der Waals surface area contributed by atoms with Crippen LogP contribution >= 0.6 is 34.8 Å². The van der Waals surface area contributed by atoms with E-state index in [1.165, 1.54) is 32.0 Å². The van der Waals surface area contributed by atoms with Crippen LogP contribution in [0.25, 0.3) is 0 Å². The number of halogens is 3. The van der Waals surface area contributed by atoms with Crippen LogP contribution in [0.4, 0.5) is 5.69 Å². The number of nitro groups is 1. The third-order valence-electron chi connectivity index (χ3n) is 3.59. The van der Waals surface area contributed by atoms with Gasteiger partial charge in [-0.2, -0.15) is 0 Å². The van der Waals surface area contributed by atoms with Gasteiger partial charge in [-0.25, -0.2) is 9.59 Å². The van der Waals surface area contributed by atoms with E-state index in [0.29, 0.717) is 0 Å². The summed E-state index contributed by atoms with van der Waals surface area (Å²) >= 11 is 18.0. The molecule has 0 heterocycles. The van der Waals surface area contributed by atoms with E-state index >= 15 is 0 Å². The van der Waals surface area contributed by atoms with Crippen molar-refractivity contribution in [1.82, 2.24) is 0 Å². The predicted molar refractivity (Wildman–Crippen MR) is 106 cm³/mol. The molecule has 0 N–H and O–H groups in total. The highest BCUT2D eigenvalue weighted by Gasteiger charge is 2.35. The maximum absolute atomic E-state index is 12.5. The summed E-state index contributed by atoms with van der Waals surface area (Å²) in [4.78, 5) is 34.8. The zero-order valence-corrected chi connectivity index (χ0v) is 17.6. The number of nitrogens with zero attached hydrogens (tertiary/aromatic N) is 1. The molecule has 0 aliphatic rings. The Balaban J connectivity index is 2.44. The molecule has 8 nitrogen and oxygen atoms in total. The van der Waals surface area contributed by atoms with E-state index in [2.05, 4.69) is 4.74 Å². The fourth-order valence-electron chi connectivity index (χ4n) is 2.22. The van der Waals surface area contributed by atoms with Crippen molar-refractivity contribution in [2.24, 2.45) is 0 Å². The van der Waals surface area contributed by atoms with E-state index in [9.17, 15) is 19.7 Å². The standard InChI is InChI=1S/C18H14Cl3NO7/c1-18(2,17(24)27-3)29-16(23)11-8-10(4-5-14(11)22(25)26)28-15-12(20)6-9(19)7-13(15)21/h4-8H,1-3H3. The molecule has 0 atom stereocenters. The molecule has 0 radical (unpaired) electrons. The van der Waals surface area contributed by atoms with Crippen LogP contribution in [0.3, 0.4) is 0 Å². The van der Waals surface area contributed by atoms with Gasteiger partial charge in [0.1, 0.15) is 11.3 Å². The van der Waals surface area contributed by atoms with Gasteiger partial charge in [-0.05, 0) is 32.0 Å². The third kappa shape index (κ3) is 5.29. The molecule has 0 saturated carbocycles. The monoisotopic (exact) mass is 461 g/mol. The van der Waals surface area contributed by atoms with Crippen molar-refractivity contribution in [2.45, 2.75) is 19.4 Å². The van der Waals surface area contributed by atoms with E-state index < -0.39 is 33.7 Å². The molecule has 0 aliphatic carbocycles. The first kappa shape index (κ1) is 22.7. The lowest BCUT2D eigenvalue weighted by molar-refractivity contribution is -0.385. The van der Waals surface area contributed by atoms with E-state index in [1.807, 2.05) is 0 Å². The summed E-state index contributed by atoms with van der Waals surface area (Å²) in [7, 11) is 1.12. The van der Waals surface area contributed by atoms with Crippen molar-refractivity contribution in [2.75, 3.05) is 7.11 Å². The molecule has 0 fully saturated rings. The number of methoxy groups -OCH3 is 1. The second-order valence-corrected chi connectivity index (χ2v) is 7.38. The first-order valence-electron chi connectivity index (χ1n) is 7.89. The van der Waals surface area contributed by atoms with Crippen molar-refractivity contribution in [3.63, 3.8) is 0 Å². The lowest BCUT2D eigenvalue weighted by Gasteiger charge is -2.22. The second-order valence-electron chi connectivity index (χ2n) is 6.13. The lowest BCUT2D eigenvalue weighted by Crippen LogP contribution is -2.38. The number of carbonyl (C=O) groups is 2. The Morgan fingerprint density at radius 2 is 1.66 bits per heavy atom. The minimum atomic E-state index is -1.67. The number of esters is 2. The molecule has 0 unspecified atom stereocenters. The van der Waals surface area contributed by atoms with Crippen molar-refractivity contribution < 1.29 is 28.7 Å². The summed E-state index contributed by atoms with van der Waals surface area (Å²) in [6.45, 7) is 2.58. The number of nitro benzene ring substituents is 1. The minimum absolute atomic E-state index is 0.0181.